The zero-order valence-corrected chi connectivity index (χ0v) is 16.5. The minimum absolute atomic E-state index is 0. The quantitative estimate of drug-likeness (QED) is 0.750. The molecule has 2 heterocycles. The van der Waals surface area contributed by atoms with Crippen LogP contribution >= 0.6 is 17.0 Å². The molecule has 7 heteroatoms. The monoisotopic (exact) mass is 413 g/mol. The Balaban J connectivity index is 0.00000225. The van der Waals surface area contributed by atoms with E-state index in [0.29, 0.717) is 13.2 Å². The van der Waals surface area contributed by atoms with E-state index in [9.17, 15) is 0 Å². The van der Waals surface area contributed by atoms with Crippen molar-refractivity contribution >= 4 is 22.9 Å². The standard InChI is InChI=1S/C18H27N3O3.BrH/c1-22-17-11-14(12-21-18-19-8-2-3-9-20-18)6-7-16(17)24-13-15-5-4-10-23-15;/h6-7,11,15H,2-5,8-10,12-13H2,1H3,(H2,19,20,21);1H. The van der Waals surface area contributed by atoms with Gasteiger partial charge < -0.3 is 24.8 Å². The molecule has 1 aromatic carbocycles. The molecule has 2 aliphatic heterocycles. The second-order valence-corrected chi connectivity index (χ2v) is 6.15. The Hall–Kier alpha value is -1.47. The van der Waals surface area contributed by atoms with Crippen LogP contribution in [0.15, 0.2) is 23.2 Å². The van der Waals surface area contributed by atoms with Crippen LogP contribution in [0, 0.1) is 0 Å². The minimum Gasteiger partial charge on any atom is -0.493 e. The van der Waals surface area contributed by atoms with E-state index in [1.807, 2.05) is 12.1 Å². The van der Waals surface area contributed by atoms with Crippen molar-refractivity contribution in [2.24, 2.45) is 4.99 Å². The van der Waals surface area contributed by atoms with Crippen molar-refractivity contribution in [2.75, 3.05) is 33.4 Å². The molecule has 2 N–H and O–H groups in total. The van der Waals surface area contributed by atoms with Gasteiger partial charge in [0.25, 0.3) is 0 Å². The number of halogens is 1. The van der Waals surface area contributed by atoms with Crippen LogP contribution in [0.4, 0.5) is 0 Å². The lowest BCUT2D eigenvalue weighted by Gasteiger charge is -2.15. The highest BCUT2D eigenvalue weighted by molar-refractivity contribution is 8.93. The van der Waals surface area contributed by atoms with Crippen LogP contribution in [-0.4, -0.2) is 45.5 Å². The van der Waals surface area contributed by atoms with Gasteiger partial charge in [0.1, 0.15) is 6.61 Å². The maximum Gasteiger partial charge on any atom is 0.191 e. The normalized spacial score (nSPS) is 19.9. The Bertz CT molecular complexity index is 562. The maximum absolute atomic E-state index is 5.87. The molecule has 1 saturated heterocycles. The molecule has 0 bridgehead atoms. The lowest BCUT2D eigenvalue weighted by Crippen LogP contribution is -2.36. The third kappa shape index (κ3) is 6.08. The molecule has 0 amide bonds. The van der Waals surface area contributed by atoms with Crippen molar-refractivity contribution in [3.05, 3.63) is 23.8 Å². The Labute approximate surface area is 160 Å². The van der Waals surface area contributed by atoms with Gasteiger partial charge in [-0.3, -0.25) is 4.99 Å². The van der Waals surface area contributed by atoms with E-state index < -0.39 is 0 Å². The van der Waals surface area contributed by atoms with Crippen molar-refractivity contribution in [2.45, 2.75) is 38.3 Å². The molecular weight excluding hydrogens is 386 g/mol. The summed E-state index contributed by atoms with van der Waals surface area (Å²) in [4.78, 5) is 4.50. The zero-order chi connectivity index (χ0) is 16.6. The van der Waals surface area contributed by atoms with E-state index in [1.54, 1.807) is 7.11 Å². The third-order valence-corrected chi connectivity index (χ3v) is 4.28. The van der Waals surface area contributed by atoms with E-state index in [4.69, 9.17) is 14.2 Å². The summed E-state index contributed by atoms with van der Waals surface area (Å²) < 4.78 is 16.9. The fourth-order valence-electron chi connectivity index (χ4n) is 2.89. The van der Waals surface area contributed by atoms with Crippen molar-refractivity contribution in [3.8, 4) is 11.5 Å². The van der Waals surface area contributed by atoms with Crippen LogP contribution in [0.3, 0.4) is 0 Å². The van der Waals surface area contributed by atoms with E-state index in [-0.39, 0.29) is 23.1 Å². The van der Waals surface area contributed by atoms with E-state index in [0.717, 1.165) is 62.0 Å². The number of ether oxygens (including phenoxy) is 3. The molecule has 0 aliphatic carbocycles. The predicted octanol–water partition coefficient (Wildman–Crippen LogP) is 2.66. The molecule has 0 spiro atoms. The van der Waals surface area contributed by atoms with E-state index >= 15 is 0 Å². The Morgan fingerprint density at radius 1 is 1.28 bits per heavy atom. The molecule has 1 unspecified atom stereocenters. The van der Waals surface area contributed by atoms with Gasteiger partial charge in [-0.25, -0.2) is 0 Å². The minimum atomic E-state index is 0. The number of nitrogens with zero attached hydrogens (tertiary/aromatic N) is 1. The predicted molar refractivity (Wildman–Crippen MR) is 104 cm³/mol. The molecule has 1 atom stereocenters. The van der Waals surface area contributed by atoms with Gasteiger partial charge in [0.05, 0.1) is 13.2 Å². The largest absolute Gasteiger partial charge is 0.493 e. The van der Waals surface area contributed by atoms with Gasteiger partial charge >= 0.3 is 0 Å². The highest BCUT2D eigenvalue weighted by atomic mass is 79.9. The fourth-order valence-corrected chi connectivity index (χ4v) is 2.89. The Morgan fingerprint density at radius 2 is 2.20 bits per heavy atom. The first-order valence-electron chi connectivity index (χ1n) is 8.78. The molecule has 3 rings (SSSR count). The molecule has 6 nitrogen and oxygen atoms in total. The van der Waals surface area contributed by atoms with Crippen molar-refractivity contribution in [1.82, 2.24) is 10.6 Å². The Morgan fingerprint density at radius 3 is 3.00 bits per heavy atom. The first-order valence-corrected chi connectivity index (χ1v) is 8.78. The number of nitrogens with one attached hydrogen (secondary N) is 2. The topological polar surface area (TPSA) is 64.1 Å². The van der Waals surface area contributed by atoms with Crippen LogP contribution in [0.2, 0.25) is 0 Å². The summed E-state index contributed by atoms with van der Waals surface area (Å²) in [6.45, 7) is 3.98. The van der Waals surface area contributed by atoms with Crippen molar-refractivity contribution < 1.29 is 14.2 Å². The summed E-state index contributed by atoms with van der Waals surface area (Å²) in [5.41, 5.74) is 1.13. The Kier molecular flexibility index (Phi) is 8.34. The van der Waals surface area contributed by atoms with Gasteiger partial charge in [0.15, 0.2) is 17.5 Å². The summed E-state index contributed by atoms with van der Waals surface area (Å²) in [6.07, 6.45) is 4.70. The molecule has 0 radical (unpaired) electrons. The van der Waals surface area contributed by atoms with Crippen molar-refractivity contribution in [1.29, 1.82) is 0 Å². The average molecular weight is 414 g/mol. The van der Waals surface area contributed by atoms with Gasteiger partial charge in [0.2, 0.25) is 0 Å². The average Bonchev–Trinajstić information content (AvgIpc) is 3.00. The maximum atomic E-state index is 5.87. The first kappa shape index (κ1) is 19.8. The van der Waals surface area contributed by atoms with Crippen molar-refractivity contribution in [3.63, 3.8) is 0 Å². The molecule has 25 heavy (non-hydrogen) atoms. The highest BCUT2D eigenvalue weighted by Crippen LogP contribution is 2.29. The molecular formula is C18H28BrN3O3. The number of guanidine groups is 1. The van der Waals surface area contributed by atoms with Gasteiger partial charge in [-0.2, -0.15) is 0 Å². The summed E-state index contributed by atoms with van der Waals surface area (Å²) in [5.74, 6) is 2.40. The smallest absolute Gasteiger partial charge is 0.191 e. The number of rotatable bonds is 6. The zero-order valence-electron chi connectivity index (χ0n) is 14.8. The lowest BCUT2D eigenvalue weighted by molar-refractivity contribution is 0.0669. The van der Waals surface area contributed by atoms with Gasteiger partial charge in [-0.05, 0) is 43.4 Å². The van der Waals surface area contributed by atoms with E-state index in [1.165, 1.54) is 6.42 Å². The summed E-state index contributed by atoms with van der Waals surface area (Å²) in [7, 11) is 1.67. The molecule has 0 saturated carbocycles. The van der Waals surface area contributed by atoms with Crippen LogP contribution < -0.4 is 20.1 Å². The van der Waals surface area contributed by atoms with E-state index in [2.05, 4.69) is 21.7 Å². The van der Waals surface area contributed by atoms with Crippen LogP contribution in [0.1, 0.15) is 31.2 Å². The first-order chi connectivity index (χ1) is 11.8. The van der Waals surface area contributed by atoms with Gasteiger partial charge in [0, 0.05) is 26.2 Å². The van der Waals surface area contributed by atoms with Crippen LogP contribution in [0.25, 0.3) is 0 Å². The molecule has 140 valence electrons. The van der Waals surface area contributed by atoms with Gasteiger partial charge in [-0.15, -0.1) is 17.0 Å². The fraction of sp³-hybridized carbons (Fsp3) is 0.611. The second-order valence-electron chi connectivity index (χ2n) is 6.15. The number of hydrogen-bond donors (Lipinski definition) is 2. The molecule has 1 fully saturated rings. The number of benzene rings is 1. The second kappa shape index (κ2) is 10.5. The number of aliphatic imine (C=N–C) groups is 1. The number of hydrogen-bond acceptors (Lipinski definition) is 6. The van der Waals surface area contributed by atoms with Crippen LogP contribution in [0.5, 0.6) is 11.5 Å². The molecule has 0 aromatic heterocycles. The lowest BCUT2D eigenvalue weighted by atomic mass is 10.2. The summed E-state index contributed by atoms with van der Waals surface area (Å²) in [5, 5.41) is 6.66. The SMILES string of the molecule is Br.COc1cc(CNC2=NCCCCN2)ccc1OCC1CCCO1. The highest BCUT2D eigenvalue weighted by Gasteiger charge is 2.17. The summed E-state index contributed by atoms with van der Waals surface area (Å²) >= 11 is 0. The number of methoxy groups -OCH3 is 1. The third-order valence-electron chi connectivity index (χ3n) is 4.28. The molecule has 1 aromatic rings. The molecule has 2 aliphatic rings. The van der Waals surface area contributed by atoms with Crippen LogP contribution in [-0.2, 0) is 11.3 Å². The summed E-state index contributed by atoms with van der Waals surface area (Å²) in [6, 6.07) is 6.03. The van der Waals surface area contributed by atoms with Gasteiger partial charge in [-0.1, -0.05) is 6.07 Å².